The van der Waals surface area contributed by atoms with Gasteiger partial charge in [-0.1, -0.05) is 12.8 Å². The summed E-state index contributed by atoms with van der Waals surface area (Å²) in [5.74, 6) is 0. The molecule has 1 aliphatic carbocycles. The van der Waals surface area contributed by atoms with Crippen molar-refractivity contribution in [1.29, 1.82) is 0 Å². The lowest BCUT2D eigenvalue weighted by atomic mass is 9.87. The average Bonchev–Trinajstić information content (AvgIpc) is 2.87. The van der Waals surface area contributed by atoms with Crippen LogP contribution in [-0.4, -0.2) is 19.7 Å². The summed E-state index contributed by atoms with van der Waals surface area (Å²) in [4.78, 5) is 1.33. The molecule has 2 heterocycles. The van der Waals surface area contributed by atoms with Crippen LogP contribution in [0.1, 0.15) is 36.7 Å². The van der Waals surface area contributed by atoms with E-state index in [1.807, 2.05) is 0 Å². The maximum Gasteiger partial charge on any atom is 0.104 e. The van der Waals surface area contributed by atoms with Crippen molar-refractivity contribution >= 4 is 27.3 Å². The topological polar surface area (TPSA) is 21.3 Å². The average molecular weight is 316 g/mol. The number of thiophene rings is 1. The fourth-order valence-electron chi connectivity index (χ4n) is 2.98. The number of hydrogen-bond donors (Lipinski definition) is 1. The minimum absolute atomic E-state index is 0.242. The molecule has 1 aliphatic heterocycles. The lowest BCUT2D eigenvalue weighted by Gasteiger charge is -2.26. The lowest BCUT2D eigenvalue weighted by Crippen LogP contribution is -2.32. The Hall–Kier alpha value is 0.1000. The molecule has 1 saturated heterocycles. The van der Waals surface area contributed by atoms with Gasteiger partial charge in [-0.3, -0.25) is 0 Å². The summed E-state index contributed by atoms with van der Waals surface area (Å²) in [6.45, 7) is 3.02. The molecular formula is C13H18BrNOS. The molecule has 0 radical (unpaired) electrons. The molecule has 1 spiro atoms. The largest absolute Gasteiger partial charge is 0.371 e. The number of ether oxygens (including phenoxy) is 1. The standard InChI is InChI=1S/C13H18BrNOS/c14-10-5-12(17-7-10)11-6-15-8-13(9-16-11)3-1-2-4-13/h5,7,11,15H,1-4,6,8-9H2. The van der Waals surface area contributed by atoms with E-state index >= 15 is 0 Å². The first-order chi connectivity index (χ1) is 8.27. The van der Waals surface area contributed by atoms with E-state index in [0.29, 0.717) is 5.41 Å². The Bertz CT molecular complexity index is 387. The molecular weight excluding hydrogens is 298 g/mol. The van der Waals surface area contributed by atoms with Crippen molar-refractivity contribution in [3.8, 4) is 0 Å². The number of halogens is 1. The zero-order valence-electron chi connectivity index (χ0n) is 9.88. The van der Waals surface area contributed by atoms with Crippen LogP contribution in [0.25, 0.3) is 0 Å². The molecule has 2 nitrogen and oxygen atoms in total. The number of hydrogen-bond acceptors (Lipinski definition) is 3. The van der Waals surface area contributed by atoms with Gasteiger partial charge in [0.25, 0.3) is 0 Å². The highest BCUT2D eigenvalue weighted by Gasteiger charge is 2.36. The summed E-state index contributed by atoms with van der Waals surface area (Å²) < 4.78 is 7.33. The predicted octanol–water partition coefficient (Wildman–Crippen LogP) is 3.73. The third-order valence-corrected chi connectivity index (χ3v) is 5.78. The maximum atomic E-state index is 6.17. The molecule has 0 bridgehead atoms. The van der Waals surface area contributed by atoms with Crippen molar-refractivity contribution in [1.82, 2.24) is 5.32 Å². The van der Waals surface area contributed by atoms with Crippen LogP contribution in [0.3, 0.4) is 0 Å². The van der Waals surface area contributed by atoms with Gasteiger partial charge in [0, 0.05) is 33.2 Å². The normalized spacial score (nSPS) is 28.4. The molecule has 94 valence electrons. The van der Waals surface area contributed by atoms with Crippen molar-refractivity contribution in [3.05, 3.63) is 20.8 Å². The molecule has 2 aliphatic rings. The molecule has 1 aromatic rings. The Morgan fingerprint density at radius 1 is 1.41 bits per heavy atom. The van der Waals surface area contributed by atoms with Gasteiger partial charge in [-0.2, -0.15) is 0 Å². The second-order valence-corrected chi connectivity index (χ2v) is 7.16. The van der Waals surface area contributed by atoms with Crippen LogP contribution in [0.4, 0.5) is 0 Å². The third kappa shape index (κ3) is 2.60. The minimum Gasteiger partial charge on any atom is -0.371 e. The third-order valence-electron chi connectivity index (χ3n) is 3.99. The second-order valence-electron chi connectivity index (χ2n) is 5.30. The van der Waals surface area contributed by atoms with E-state index in [4.69, 9.17) is 4.74 Å². The van der Waals surface area contributed by atoms with E-state index in [9.17, 15) is 0 Å². The summed E-state index contributed by atoms with van der Waals surface area (Å²) in [6.07, 6.45) is 5.66. The molecule has 4 heteroatoms. The molecule has 1 saturated carbocycles. The fraction of sp³-hybridized carbons (Fsp3) is 0.692. The van der Waals surface area contributed by atoms with Gasteiger partial charge in [0.1, 0.15) is 6.10 Å². The van der Waals surface area contributed by atoms with Gasteiger partial charge >= 0.3 is 0 Å². The van der Waals surface area contributed by atoms with Crippen molar-refractivity contribution in [2.45, 2.75) is 31.8 Å². The molecule has 0 amide bonds. The number of nitrogens with one attached hydrogen (secondary N) is 1. The van der Waals surface area contributed by atoms with Crippen molar-refractivity contribution in [3.63, 3.8) is 0 Å². The Balaban J connectivity index is 1.69. The highest BCUT2D eigenvalue weighted by molar-refractivity contribution is 9.10. The molecule has 1 unspecified atom stereocenters. The van der Waals surface area contributed by atoms with Gasteiger partial charge in [0.05, 0.1) is 6.61 Å². The minimum atomic E-state index is 0.242. The van der Waals surface area contributed by atoms with E-state index in [0.717, 1.165) is 19.7 Å². The van der Waals surface area contributed by atoms with E-state index in [1.165, 1.54) is 35.0 Å². The molecule has 1 atom stereocenters. The van der Waals surface area contributed by atoms with Crippen molar-refractivity contribution in [2.75, 3.05) is 19.7 Å². The first-order valence-corrected chi connectivity index (χ1v) is 8.01. The van der Waals surface area contributed by atoms with Crippen LogP contribution in [0, 0.1) is 5.41 Å². The van der Waals surface area contributed by atoms with E-state index in [2.05, 4.69) is 32.7 Å². The zero-order chi connectivity index (χ0) is 11.7. The molecule has 1 aromatic heterocycles. The Morgan fingerprint density at radius 2 is 2.24 bits per heavy atom. The van der Waals surface area contributed by atoms with Crippen LogP contribution in [0.2, 0.25) is 0 Å². The number of rotatable bonds is 1. The molecule has 3 rings (SSSR count). The summed E-state index contributed by atoms with van der Waals surface area (Å²) >= 11 is 5.30. The van der Waals surface area contributed by atoms with E-state index in [-0.39, 0.29) is 6.10 Å². The lowest BCUT2D eigenvalue weighted by molar-refractivity contribution is 0.0175. The zero-order valence-corrected chi connectivity index (χ0v) is 12.3. The predicted molar refractivity (Wildman–Crippen MR) is 74.5 cm³/mol. The highest BCUT2D eigenvalue weighted by atomic mass is 79.9. The Morgan fingerprint density at radius 3 is 2.94 bits per heavy atom. The van der Waals surface area contributed by atoms with Gasteiger partial charge in [-0.15, -0.1) is 11.3 Å². The van der Waals surface area contributed by atoms with Crippen LogP contribution in [0.15, 0.2) is 15.9 Å². The quantitative estimate of drug-likeness (QED) is 0.852. The summed E-state index contributed by atoms with van der Waals surface area (Å²) in [6, 6.07) is 2.18. The molecule has 2 fully saturated rings. The van der Waals surface area contributed by atoms with Gasteiger partial charge in [-0.05, 0) is 34.8 Å². The van der Waals surface area contributed by atoms with Gasteiger partial charge < -0.3 is 10.1 Å². The molecule has 0 aromatic carbocycles. The Labute approximate surface area is 115 Å². The van der Waals surface area contributed by atoms with Crippen LogP contribution in [0.5, 0.6) is 0 Å². The molecule has 17 heavy (non-hydrogen) atoms. The van der Waals surface area contributed by atoms with E-state index in [1.54, 1.807) is 11.3 Å². The molecule has 1 N–H and O–H groups in total. The maximum absolute atomic E-state index is 6.17. The Kier molecular flexibility index (Phi) is 3.57. The first kappa shape index (κ1) is 12.2. The highest BCUT2D eigenvalue weighted by Crippen LogP contribution is 2.40. The van der Waals surface area contributed by atoms with Gasteiger partial charge in [-0.25, -0.2) is 0 Å². The first-order valence-electron chi connectivity index (χ1n) is 6.34. The summed E-state index contributed by atoms with van der Waals surface area (Å²) in [5.41, 5.74) is 0.434. The second kappa shape index (κ2) is 5.00. The van der Waals surface area contributed by atoms with Gasteiger partial charge in [0.15, 0.2) is 0 Å². The van der Waals surface area contributed by atoms with Crippen LogP contribution in [-0.2, 0) is 4.74 Å². The van der Waals surface area contributed by atoms with Crippen LogP contribution < -0.4 is 5.32 Å². The van der Waals surface area contributed by atoms with Crippen molar-refractivity contribution in [2.24, 2.45) is 5.41 Å². The summed E-state index contributed by atoms with van der Waals surface area (Å²) in [5, 5.41) is 5.74. The van der Waals surface area contributed by atoms with Gasteiger partial charge in [0.2, 0.25) is 0 Å². The summed E-state index contributed by atoms with van der Waals surface area (Å²) in [7, 11) is 0. The SMILES string of the molecule is Brc1csc(C2CNCC3(CCCC3)CO2)c1. The van der Waals surface area contributed by atoms with E-state index < -0.39 is 0 Å². The smallest absolute Gasteiger partial charge is 0.104 e. The fourth-order valence-corrected chi connectivity index (χ4v) is 4.48. The monoisotopic (exact) mass is 315 g/mol. The van der Waals surface area contributed by atoms with Crippen molar-refractivity contribution < 1.29 is 4.74 Å². The van der Waals surface area contributed by atoms with Crippen LogP contribution >= 0.6 is 27.3 Å².